The quantitative estimate of drug-likeness (QED) is 0.724. The third-order valence-corrected chi connectivity index (χ3v) is 5.19. The van der Waals surface area contributed by atoms with E-state index < -0.39 is 0 Å². The first-order valence-corrected chi connectivity index (χ1v) is 7.57. The van der Waals surface area contributed by atoms with Crippen molar-refractivity contribution in [1.82, 2.24) is 4.90 Å². The van der Waals surface area contributed by atoms with Crippen molar-refractivity contribution in [3.63, 3.8) is 0 Å². The largest absolute Gasteiger partial charge is 0.508 e. The molecule has 20 heavy (non-hydrogen) atoms. The van der Waals surface area contributed by atoms with Crippen LogP contribution in [0, 0.1) is 11.8 Å². The molecule has 4 heteroatoms. The fourth-order valence-electron chi connectivity index (χ4n) is 3.94. The maximum atomic E-state index is 10.0. The summed E-state index contributed by atoms with van der Waals surface area (Å²) in [5.74, 6) is 1.75. The number of hydrogen-bond acceptors (Lipinski definition) is 4. The van der Waals surface area contributed by atoms with Gasteiger partial charge in [-0.15, -0.1) is 0 Å². The molecule has 0 radical (unpaired) electrons. The Morgan fingerprint density at radius 3 is 2.80 bits per heavy atom. The highest BCUT2D eigenvalue weighted by Gasteiger charge is 2.40. The van der Waals surface area contributed by atoms with E-state index in [2.05, 4.69) is 11.8 Å². The van der Waals surface area contributed by atoms with E-state index in [1.54, 1.807) is 12.1 Å². The van der Waals surface area contributed by atoms with E-state index in [1.807, 2.05) is 0 Å². The van der Waals surface area contributed by atoms with E-state index in [-0.39, 0.29) is 17.5 Å². The van der Waals surface area contributed by atoms with Crippen LogP contribution in [0.4, 0.5) is 0 Å². The standard InChI is InChI=1S/C16H24N2O2/c1-10(13-7-12(19)5-6-16(13)20)18-8-11-3-2-4-15(17)14(11)9-18/h5-7,10-11,14-15,19-20H,2-4,8-9,17H2,1H3. The Morgan fingerprint density at radius 1 is 1.25 bits per heavy atom. The van der Waals surface area contributed by atoms with Crippen molar-refractivity contribution < 1.29 is 10.2 Å². The second kappa shape index (κ2) is 5.26. The summed E-state index contributed by atoms with van der Waals surface area (Å²) in [5, 5.41) is 19.6. The van der Waals surface area contributed by atoms with Crippen LogP contribution in [-0.2, 0) is 0 Å². The lowest BCUT2D eigenvalue weighted by atomic mass is 9.78. The molecule has 4 unspecified atom stereocenters. The van der Waals surface area contributed by atoms with Gasteiger partial charge in [-0.05, 0) is 49.8 Å². The minimum atomic E-state index is 0.111. The zero-order valence-corrected chi connectivity index (χ0v) is 12.0. The molecule has 1 saturated carbocycles. The van der Waals surface area contributed by atoms with Crippen molar-refractivity contribution in [2.24, 2.45) is 17.6 Å². The molecule has 2 fully saturated rings. The summed E-state index contributed by atoms with van der Waals surface area (Å²) in [6.45, 7) is 4.15. The third-order valence-electron chi connectivity index (χ3n) is 5.19. The summed E-state index contributed by atoms with van der Waals surface area (Å²) in [6.07, 6.45) is 3.65. The summed E-state index contributed by atoms with van der Waals surface area (Å²) in [4.78, 5) is 2.40. The fourth-order valence-corrected chi connectivity index (χ4v) is 3.94. The molecule has 2 aliphatic rings. The SMILES string of the molecule is CC(c1cc(O)ccc1O)N1CC2CCCC(N)C2C1. The maximum Gasteiger partial charge on any atom is 0.120 e. The number of fused-ring (bicyclic) bond motifs is 1. The van der Waals surface area contributed by atoms with Crippen LogP contribution in [-0.4, -0.2) is 34.2 Å². The van der Waals surface area contributed by atoms with Crippen LogP contribution in [0.15, 0.2) is 18.2 Å². The monoisotopic (exact) mass is 276 g/mol. The van der Waals surface area contributed by atoms with E-state index in [1.165, 1.54) is 18.9 Å². The Kier molecular flexibility index (Phi) is 3.61. The van der Waals surface area contributed by atoms with E-state index in [0.717, 1.165) is 25.1 Å². The highest BCUT2D eigenvalue weighted by Crippen LogP contribution is 2.40. The summed E-state index contributed by atoms with van der Waals surface area (Å²) in [7, 11) is 0. The molecule has 0 spiro atoms. The van der Waals surface area contributed by atoms with Gasteiger partial charge >= 0.3 is 0 Å². The predicted molar refractivity (Wildman–Crippen MR) is 78.6 cm³/mol. The first kappa shape index (κ1) is 13.7. The number of likely N-dealkylation sites (tertiary alicyclic amines) is 1. The average Bonchev–Trinajstić information content (AvgIpc) is 2.86. The predicted octanol–water partition coefficient (Wildman–Crippen LogP) is 2.22. The Hall–Kier alpha value is -1.26. The molecule has 1 saturated heterocycles. The van der Waals surface area contributed by atoms with Crippen LogP contribution in [0.3, 0.4) is 0 Å². The highest BCUT2D eigenvalue weighted by molar-refractivity contribution is 5.40. The molecule has 1 aliphatic heterocycles. The number of aromatic hydroxyl groups is 2. The van der Waals surface area contributed by atoms with E-state index in [4.69, 9.17) is 5.73 Å². The summed E-state index contributed by atoms with van der Waals surface area (Å²) < 4.78 is 0. The molecule has 1 aromatic carbocycles. The molecule has 0 amide bonds. The number of nitrogens with two attached hydrogens (primary N) is 1. The zero-order chi connectivity index (χ0) is 14.3. The smallest absolute Gasteiger partial charge is 0.120 e. The maximum absolute atomic E-state index is 10.0. The van der Waals surface area contributed by atoms with Gasteiger partial charge < -0.3 is 15.9 Å². The Morgan fingerprint density at radius 2 is 2.05 bits per heavy atom. The minimum absolute atomic E-state index is 0.111. The van der Waals surface area contributed by atoms with E-state index in [9.17, 15) is 10.2 Å². The minimum Gasteiger partial charge on any atom is -0.508 e. The first-order valence-electron chi connectivity index (χ1n) is 7.57. The topological polar surface area (TPSA) is 69.7 Å². The van der Waals surface area contributed by atoms with Crippen molar-refractivity contribution in [3.05, 3.63) is 23.8 Å². The Balaban J connectivity index is 1.78. The van der Waals surface area contributed by atoms with Crippen molar-refractivity contribution in [1.29, 1.82) is 0 Å². The number of hydrogen-bond donors (Lipinski definition) is 3. The lowest BCUT2D eigenvalue weighted by Gasteiger charge is -2.30. The van der Waals surface area contributed by atoms with Crippen molar-refractivity contribution in [2.45, 2.75) is 38.3 Å². The first-order chi connectivity index (χ1) is 9.56. The second-order valence-electron chi connectivity index (χ2n) is 6.39. The van der Waals surface area contributed by atoms with Gasteiger partial charge in [0.1, 0.15) is 11.5 Å². The zero-order valence-electron chi connectivity index (χ0n) is 12.0. The summed E-state index contributed by atoms with van der Waals surface area (Å²) in [5.41, 5.74) is 7.06. The van der Waals surface area contributed by atoms with Crippen LogP contribution in [0.2, 0.25) is 0 Å². The fraction of sp³-hybridized carbons (Fsp3) is 0.625. The number of benzene rings is 1. The van der Waals surface area contributed by atoms with Gasteiger partial charge in [0.2, 0.25) is 0 Å². The van der Waals surface area contributed by atoms with Crippen LogP contribution >= 0.6 is 0 Å². The van der Waals surface area contributed by atoms with Crippen molar-refractivity contribution in [3.8, 4) is 11.5 Å². The highest BCUT2D eigenvalue weighted by atomic mass is 16.3. The number of phenolic OH excluding ortho intramolecular Hbond substituents is 2. The normalized spacial score (nSPS) is 32.0. The van der Waals surface area contributed by atoms with Gasteiger partial charge in [-0.1, -0.05) is 6.42 Å². The third kappa shape index (κ3) is 2.38. The summed E-state index contributed by atoms with van der Waals surface area (Å²) in [6, 6.07) is 5.19. The molecular weight excluding hydrogens is 252 g/mol. The Bertz CT molecular complexity index is 491. The molecule has 3 rings (SSSR count). The molecule has 1 heterocycles. The molecule has 1 aromatic rings. The van der Waals surface area contributed by atoms with Crippen molar-refractivity contribution in [2.75, 3.05) is 13.1 Å². The molecule has 1 aliphatic carbocycles. The lowest BCUT2D eigenvalue weighted by Crippen LogP contribution is -2.38. The van der Waals surface area contributed by atoms with Gasteiger partial charge in [-0.2, -0.15) is 0 Å². The second-order valence-corrected chi connectivity index (χ2v) is 6.39. The Labute approximate surface area is 120 Å². The number of nitrogens with zero attached hydrogens (tertiary/aromatic N) is 1. The molecule has 0 aromatic heterocycles. The van der Waals surface area contributed by atoms with Gasteiger partial charge in [0, 0.05) is 30.7 Å². The lowest BCUT2D eigenvalue weighted by molar-refractivity contribution is 0.240. The number of phenols is 2. The van der Waals surface area contributed by atoms with Gasteiger partial charge in [0.25, 0.3) is 0 Å². The molecule has 4 nitrogen and oxygen atoms in total. The van der Waals surface area contributed by atoms with E-state index >= 15 is 0 Å². The van der Waals surface area contributed by atoms with E-state index in [0.29, 0.717) is 17.9 Å². The van der Waals surface area contributed by atoms with Gasteiger partial charge in [0.15, 0.2) is 0 Å². The molecule has 110 valence electrons. The van der Waals surface area contributed by atoms with Gasteiger partial charge in [-0.25, -0.2) is 0 Å². The summed E-state index contributed by atoms with van der Waals surface area (Å²) >= 11 is 0. The van der Waals surface area contributed by atoms with Gasteiger partial charge in [0.05, 0.1) is 0 Å². The van der Waals surface area contributed by atoms with Gasteiger partial charge in [-0.3, -0.25) is 4.90 Å². The molecule has 4 N–H and O–H groups in total. The van der Waals surface area contributed by atoms with Crippen LogP contribution < -0.4 is 5.73 Å². The molecular formula is C16H24N2O2. The van der Waals surface area contributed by atoms with Crippen molar-refractivity contribution >= 4 is 0 Å². The number of rotatable bonds is 2. The van der Waals surface area contributed by atoms with Crippen LogP contribution in [0.25, 0.3) is 0 Å². The van der Waals surface area contributed by atoms with Crippen LogP contribution in [0.1, 0.15) is 37.8 Å². The van der Waals surface area contributed by atoms with Crippen LogP contribution in [0.5, 0.6) is 11.5 Å². The average molecular weight is 276 g/mol. The molecule has 0 bridgehead atoms. The molecule has 4 atom stereocenters.